The van der Waals surface area contributed by atoms with Crippen molar-refractivity contribution in [3.05, 3.63) is 56.2 Å². The van der Waals surface area contributed by atoms with Gasteiger partial charge in [0.15, 0.2) is 0 Å². The number of hydrogen-bond acceptors (Lipinski definition) is 3. The Morgan fingerprint density at radius 3 is 2.82 bits per heavy atom. The minimum Gasteiger partial charge on any atom is -0.271 e. The second-order valence-corrected chi connectivity index (χ2v) is 5.71. The summed E-state index contributed by atoms with van der Waals surface area (Å²) in [6.07, 6.45) is 0.904. The lowest BCUT2D eigenvalue weighted by Crippen LogP contribution is -2.29. The number of aryl methyl sites for hydroxylation is 1. The number of benzene rings is 1. The molecule has 0 saturated heterocycles. The maximum Gasteiger partial charge on any atom is 0.0511 e. The van der Waals surface area contributed by atoms with Crippen LogP contribution in [-0.4, -0.2) is 0 Å². The van der Waals surface area contributed by atoms with Gasteiger partial charge in [0, 0.05) is 4.47 Å². The molecule has 1 unspecified atom stereocenters. The zero-order chi connectivity index (χ0) is 12.3. The molecule has 0 amide bonds. The van der Waals surface area contributed by atoms with Crippen molar-refractivity contribution >= 4 is 27.3 Å². The van der Waals surface area contributed by atoms with Crippen molar-refractivity contribution in [2.45, 2.75) is 19.4 Å². The largest absolute Gasteiger partial charge is 0.271 e. The Labute approximate surface area is 114 Å². The molecule has 0 spiro atoms. The van der Waals surface area contributed by atoms with E-state index >= 15 is 0 Å². The molecule has 1 aromatic carbocycles. The van der Waals surface area contributed by atoms with Crippen molar-refractivity contribution in [3.63, 3.8) is 0 Å². The predicted molar refractivity (Wildman–Crippen MR) is 77.0 cm³/mol. The van der Waals surface area contributed by atoms with Gasteiger partial charge in [-0.1, -0.05) is 28.1 Å². The molecule has 0 fully saturated rings. The number of rotatable bonds is 4. The van der Waals surface area contributed by atoms with Crippen molar-refractivity contribution < 1.29 is 0 Å². The summed E-state index contributed by atoms with van der Waals surface area (Å²) in [5.41, 5.74) is 6.64. The summed E-state index contributed by atoms with van der Waals surface area (Å²) >= 11 is 5.31. The first-order valence-corrected chi connectivity index (χ1v) is 7.17. The van der Waals surface area contributed by atoms with Crippen LogP contribution in [0.5, 0.6) is 0 Å². The quantitative estimate of drug-likeness (QED) is 0.669. The number of hydrazine groups is 1. The van der Waals surface area contributed by atoms with E-state index in [4.69, 9.17) is 5.84 Å². The second kappa shape index (κ2) is 5.78. The summed E-state index contributed by atoms with van der Waals surface area (Å²) in [7, 11) is 0. The van der Waals surface area contributed by atoms with Crippen LogP contribution in [-0.2, 0) is 6.42 Å². The first kappa shape index (κ1) is 12.8. The lowest BCUT2D eigenvalue weighted by Gasteiger charge is -2.17. The monoisotopic (exact) mass is 310 g/mol. The molecule has 1 atom stereocenters. The van der Waals surface area contributed by atoms with Crippen LogP contribution in [0.15, 0.2) is 39.5 Å². The normalized spacial score (nSPS) is 12.6. The zero-order valence-electron chi connectivity index (χ0n) is 9.61. The first-order valence-electron chi connectivity index (χ1n) is 5.44. The van der Waals surface area contributed by atoms with Crippen molar-refractivity contribution in [2.24, 2.45) is 5.84 Å². The SMILES string of the molecule is Cc1ccc(C(Cc2ccsc2)NN)c(Br)c1. The molecular weight excluding hydrogens is 296 g/mol. The summed E-state index contributed by atoms with van der Waals surface area (Å²) in [5.74, 6) is 5.66. The van der Waals surface area contributed by atoms with Crippen LogP contribution in [0.4, 0.5) is 0 Å². The van der Waals surface area contributed by atoms with E-state index in [9.17, 15) is 0 Å². The molecule has 90 valence electrons. The molecule has 0 aliphatic heterocycles. The Hall–Kier alpha value is -0.680. The van der Waals surface area contributed by atoms with E-state index in [2.05, 4.69) is 63.3 Å². The fraction of sp³-hybridized carbons (Fsp3) is 0.231. The van der Waals surface area contributed by atoms with Crippen LogP contribution in [0, 0.1) is 6.92 Å². The second-order valence-electron chi connectivity index (χ2n) is 4.08. The number of nitrogens with one attached hydrogen (secondary N) is 1. The van der Waals surface area contributed by atoms with Gasteiger partial charge in [-0.05, 0) is 52.9 Å². The Bertz CT molecular complexity index is 482. The molecule has 3 N–H and O–H groups in total. The highest BCUT2D eigenvalue weighted by molar-refractivity contribution is 9.10. The van der Waals surface area contributed by atoms with Gasteiger partial charge < -0.3 is 0 Å². The Morgan fingerprint density at radius 2 is 2.24 bits per heavy atom. The van der Waals surface area contributed by atoms with E-state index in [1.807, 2.05) is 0 Å². The third-order valence-corrected chi connectivity index (χ3v) is 4.17. The van der Waals surface area contributed by atoms with Gasteiger partial charge in [-0.2, -0.15) is 11.3 Å². The molecule has 0 aliphatic rings. The van der Waals surface area contributed by atoms with Gasteiger partial charge in [-0.15, -0.1) is 0 Å². The molecule has 2 nitrogen and oxygen atoms in total. The van der Waals surface area contributed by atoms with Gasteiger partial charge in [0.25, 0.3) is 0 Å². The standard InChI is InChI=1S/C13H15BrN2S/c1-9-2-3-11(12(14)6-9)13(16-15)7-10-4-5-17-8-10/h2-6,8,13,16H,7,15H2,1H3. The third-order valence-electron chi connectivity index (χ3n) is 2.75. The number of nitrogens with two attached hydrogens (primary N) is 1. The number of hydrogen-bond donors (Lipinski definition) is 2. The van der Waals surface area contributed by atoms with Gasteiger partial charge in [-0.25, -0.2) is 0 Å². The third kappa shape index (κ3) is 3.16. The highest BCUT2D eigenvalue weighted by Crippen LogP contribution is 2.27. The van der Waals surface area contributed by atoms with Gasteiger partial charge in [0.2, 0.25) is 0 Å². The smallest absolute Gasteiger partial charge is 0.0511 e. The minimum absolute atomic E-state index is 0.138. The molecule has 17 heavy (non-hydrogen) atoms. The molecule has 0 bridgehead atoms. The maximum atomic E-state index is 5.66. The van der Waals surface area contributed by atoms with Gasteiger partial charge in [0.1, 0.15) is 0 Å². The van der Waals surface area contributed by atoms with E-state index in [0.29, 0.717) is 0 Å². The lowest BCUT2D eigenvalue weighted by atomic mass is 10.0. The van der Waals surface area contributed by atoms with E-state index in [1.54, 1.807) is 11.3 Å². The summed E-state index contributed by atoms with van der Waals surface area (Å²) in [4.78, 5) is 0. The molecule has 0 radical (unpaired) electrons. The van der Waals surface area contributed by atoms with E-state index in [-0.39, 0.29) is 6.04 Å². The lowest BCUT2D eigenvalue weighted by molar-refractivity contribution is 0.550. The van der Waals surface area contributed by atoms with Crippen LogP contribution in [0.3, 0.4) is 0 Å². The van der Waals surface area contributed by atoms with Crippen LogP contribution in [0.1, 0.15) is 22.7 Å². The van der Waals surface area contributed by atoms with E-state index in [1.165, 1.54) is 16.7 Å². The summed E-state index contributed by atoms with van der Waals surface area (Å²) in [5, 5.41) is 4.25. The predicted octanol–water partition coefficient (Wildman–Crippen LogP) is 3.57. The minimum atomic E-state index is 0.138. The highest BCUT2D eigenvalue weighted by Gasteiger charge is 2.13. The molecule has 1 aromatic heterocycles. The fourth-order valence-corrected chi connectivity index (χ4v) is 3.27. The highest BCUT2D eigenvalue weighted by atomic mass is 79.9. The summed E-state index contributed by atoms with van der Waals surface area (Å²) in [6.45, 7) is 2.08. The molecule has 2 rings (SSSR count). The molecule has 4 heteroatoms. The summed E-state index contributed by atoms with van der Waals surface area (Å²) < 4.78 is 1.11. The summed E-state index contributed by atoms with van der Waals surface area (Å²) in [6, 6.07) is 8.62. The topological polar surface area (TPSA) is 38.0 Å². The van der Waals surface area contributed by atoms with E-state index < -0.39 is 0 Å². The van der Waals surface area contributed by atoms with Gasteiger partial charge in [0.05, 0.1) is 6.04 Å². The number of halogens is 1. The average Bonchev–Trinajstić information content (AvgIpc) is 2.79. The fourth-order valence-electron chi connectivity index (χ4n) is 1.82. The van der Waals surface area contributed by atoms with E-state index in [0.717, 1.165) is 10.9 Å². The van der Waals surface area contributed by atoms with Crippen LogP contribution < -0.4 is 11.3 Å². The number of thiophene rings is 1. The first-order chi connectivity index (χ1) is 8.20. The van der Waals surface area contributed by atoms with Crippen molar-refractivity contribution in [1.82, 2.24) is 5.43 Å². The zero-order valence-corrected chi connectivity index (χ0v) is 12.0. The Kier molecular flexibility index (Phi) is 4.34. The molecular formula is C13H15BrN2S. The van der Waals surface area contributed by atoms with Crippen LogP contribution >= 0.6 is 27.3 Å². The van der Waals surface area contributed by atoms with Crippen molar-refractivity contribution in [2.75, 3.05) is 0 Å². The molecule has 0 aliphatic carbocycles. The van der Waals surface area contributed by atoms with Crippen LogP contribution in [0.25, 0.3) is 0 Å². The molecule has 0 saturated carbocycles. The Balaban J connectivity index is 2.23. The average molecular weight is 311 g/mol. The van der Waals surface area contributed by atoms with Crippen LogP contribution in [0.2, 0.25) is 0 Å². The maximum absolute atomic E-state index is 5.66. The Morgan fingerprint density at radius 1 is 1.41 bits per heavy atom. The molecule has 2 aromatic rings. The van der Waals surface area contributed by atoms with Crippen molar-refractivity contribution in [3.8, 4) is 0 Å². The van der Waals surface area contributed by atoms with Gasteiger partial charge >= 0.3 is 0 Å². The van der Waals surface area contributed by atoms with Gasteiger partial charge in [-0.3, -0.25) is 11.3 Å². The molecule has 1 heterocycles. The van der Waals surface area contributed by atoms with Crippen molar-refractivity contribution in [1.29, 1.82) is 0 Å².